The molecule has 2 unspecified atom stereocenters. The van der Waals surface area contributed by atoms with Crippen molar-refractivity contribution in [3.8, 4) is 0 Å². The van der Waals surface area contributed by atoms with E-state index < -0.39 is 26.8 Å². The van der Waals surface area contributed by atoms with Crippen LogP contribution in [0.15, 0.2) is 41.0 Å². The van der Waals surface area contributed by atoms with Crippen LogP contribution < -0.4 is 0 Å². The quantitative estimate of drug-likeness (QED) is 0.463. The molecule has 125 valence electrons. The van der Waals surface area contributed by atoms with E-state index in [1.54, 1.807) is 22.3 Å². The van der Waals surface area contributed by atoms with Crippen LogP contribution in [0, 0.1) is 11.8 Å². The van der Waals surface area contributed by atoms with Gasteiger partial charge in [0.2, 0.25) is 0 Å². The van der Waals surface area contributed by atoms with Crippen LogP contribution in [0.2, 0.25) is 13.1 Å². The summed E-state index contributed by atoms with van der Waals surface area (Å²) in [4.78, 5) is 0. The van der Waals surface area contributed by atoms with Gasteiger partial charge in [-0.2, -0.15) is 0 Å². The van der Waals surface area contributed by atoms with E-state index in [4.69, 9.17) is 0 Å². The van der Waals surface area contributed by atoms with Gasteiger partial charge in [-0.25, -0.2) is 0 Å². The van der Waals surface area contributed by atoms with Crippen LogP contribution >= 0.6 is 24.8 Å². The van der Waals surface area contributed by atoms with E-state index in [-0.39, 0.29) is 24.8 Å². The fourth-order valence-corrected chi connectivity index (χ4v) is 26.5. The van der Waals surface area contributed by atoms with Crippen LogP contribution in [0.5, 0.6) is 0 Å². The van der Waals surface area contributed by atoms with Gasteiger partial charge in [0.25, 0.3) is 0 Å². The molecule has 2 aliphatic rings. The Bertz CT molecular complexity index is 509. The third-order valence-electron chi connectivity index (χ3n) is 5.06. The first-order chi connectivity index (χ1) is 9.25. The molecule has 0 heterocycles. The SMILES string of the molecule is CC1=CC(C)[C]([Zr]([C]2=C(C)C(C)=CC2C)[SiH](C)C)=C1C.Cl.Cl. The van der Waals surface area contributed by atoms with Gasteiger partial charge in [-0.15, -0.1) is 24.8 Å². The second-order valence-electron chi connectivity index (χ2n) is 6.92. The predicted molar refractivity (Wildman–Crippen MR) is 105 cm³/mol. The number of rotatable bonds is 3. The minimum atomic E-state index is -1.62. The van der Waals surface area contributed by atoms with Gasteiger partial charge in [-0.1, -0.05) is 0 Å². The average Bonchev–Trinajstić information content (AvgIpc) is 2.72. The summed E-state index contributed by atoms with van der Waals surface area (Å²) in [5.74, 6) is 0.845. The first kappa shape index (κ1) is 22.6. The van der Waals surface area contributed by atoms with Crippen LogP contribution in [-0.2, 0) is 20.9 Å². The molecule has 0 aromatic rings. The zero-order valence-corrected chi connectivity index (χ0v) is 20.4. The van der Waals surface area contributed by atoms with Crippen molar-refractivity contribution in [3.63, 3.8) is 0 Å². The second-order valence-corrected chi connectivity index (χ2v) is 25.8. The van der Waals surface area contributed by atoms with E-state index >= 15 is 0 Å². The maximum Gasteiger partial charge on any atom is -0.147 e. The van der Waals surface area contributed by atoms with E-state index in [2.05, 4.69) is 66.8 Å². The summed E-state index contributed by atoms with van der Waals surface area (Å²) in [6.45, 7) is 19.5. The smallest absolute Gasteiger partial charge is 0.147 e. The molecule has 0 saturated heterocycles. The fraction of sp³-hybridized carbons (Fsp3) is 0.556. The van der Waals surface area contributed by atoms with Gasteiger partial charge >= 0.3 is 134 Å². The Morgan fingerprint density at radius 3 is 1.27 bits per heavy atom. The third-order valence-corrected chi connectivity index (χ3v) is 25.3. The second kappa shape index (κ2) is 8.65. The Hall–Kier alpha value is 0.640. The van der Waals surface area contributed by atoms with Crippen molar-refractivity contribution in [2.45, 2.75) is 54.6 Å². The molecule has 0 aliphatic heterocycles. The van der Waals surface area contributed by atoms with Gasteiger partial charge in [-0.05, 0) is 0 Å². The molecule has 2 rings (SSSR count). The molecule has 4 heteroatoms. The van der Waals surface area contributed by atoms with Gasteiger partial charge in [-0.3, -0.25) is 0 Å². The molecule has 0 spiro atoms. The van der Waals surface area contributed by atoms with Gasteiger partial charge < -0.3 is 0 Å². The van der Waals surface area contributed by atoms with Gasteiger partial charge in [0.1, 0.15) is 0 Å². The molecule has 0 amide bonds. The molecule has 0 aromatic heterocycles. The first-order valence-corrected chi connectivity index (χ1v) is 17.5. The van der Waals surface area contributed by atoms with Crippen LogP contribution in [0.25, 0.3) is 0 Å². The molecular weight excluding hydrogens is 406 g/mol. The summed E-state index contributed by atoms with van der Waals surface area (Å²) in [6, 6.07) is 0. The third kappa shape index (κ3) is 4.00. The van der Waals surface area contributed by atoms with Gasteiger partial charge in [0.05, 0.1) is 0 Å². The summed E-state index contributed by atoms with van der Waals surface area (Å²) >= 11 is -1.62. The molecular formula is C18H31Cl2SiZr. The van der Waals surface area contributed by atoms with E-state index in [1.807, 2.05) is 6.56 Å². The minimum Gasteiger partial charge on any atom is -0.147 e. The van der Waals surface area contributed by atoms with Crippen molar-refractivity contribution in [1.29, 1.82) is 0 Å². The maximum absolute atomic E-state index is 2.61. The molecule has 0 nitrogen and oxygen atoms in total. The Morgan fingerprint density at radius 2 is 1.09 bits per heavy atom. The number of hydrogen-bond acceptors (Lipinski definition) is 0. The van der Waals surface area contributed by atoms with Crippen molar-refractivity contribution in [1.82, 2.24) is 0 Å². The summed E-state index contributed by atoms with van der Waals surface area (Å²) in [5.41, 5.74) is 6.41. The fourth-order valence-electron chi connectivity index (χ4n) is 3.94. The van der Waals surface area contributed by atoms with Gasteiger partial charge in [0, 0.05) is 0 Å². The Labute approximate surface area is 158 Å². The summed E-state index contributed by atoms with van der Waals surface area (Å²) in [7, 11) is 0. The molecule has 22 heavy (non-hydrogen) atoms. The Morgan fingerprint density at radius 1 is 0.773 bits per heavy atom. The molecule has 0 N–H and O–H groups in total. The Kier molecular flexibility index (Phi) is 8.90. The molecule has 0 bridgehead atoms. The van der Waals surface area contributed by atoms with Crippen LogP contribution in [0.3, 0.4) is 0 Å². The number of hydrogen-bond donors (Lipinski definition) is 0. The molecule has 2 atom stereocenters. The molecule has 0 saturated carbocycles. The molecule has 0 fully saturated rings. The van der Waals surface area contributed by atoms with Crippen molar-refractivity contribution in [2.24, 2.45) is 11.8 Å². The summed E-state index contributed by atoms with van der Waals surface area (Å²) in [6.07, 6.45) is 5.02. The molecule has 0 aromatic carbocycles. The van der Waals surface area contributed by atoms with Crippen molar-refractivity contribution in [2.75, 3.05) is 0 Å². The first-order valence-electron chi connectivity index (χ1n) is 7.92. The van der Waals surface area contributed by atoms with Crippen LogP contribution in [-0.4, -0.2) is 5.92 Å². The zero-order chi connectivity index (χ0) is 15.2. The normalized spacial score (nSPS) is 24.2. The van der Waals surface area contributed by atoms with E-state index in [0.717, 1.165) is 0 Å². The Balaban J connectivity index is 0.00000220. The monoisotopic (exact) mass is 435 g/mol. The molecule has 0 radical (unpaired) electrons. The molecule has 2 aliphatic carbocycles. The maximum atomic E-state index is 2.61. The van der Waals surface area contributed by atoms with E-state index in [0.29, 0.717) is 11.8 Å². The number of halogens is 2. The van der Waals surface area contributed by atoms with Crippen molar-refractivity contribution < 1.29 is 20.9 Å². The summed E-state index contributed by atoms with van der Waals surface area (Å²) < 4.78 is 3.85. The van der Waals surface area contributed by atoms with Gasteiger partial charge in [0.15, 0.2) is 0 Å². The average molecular weight is 438 g/mol. The van der Waals surface area contributed by atoms with Crippen molar-refractivity contribution in [3.05, 3.63) is 41.0 Å². The minimum absolute atomic E-state index is 0. The summed E-state index contributed by atoms with van der Waals surface area (Å²) in [5, 5.41) is 0. The largest absolute Gasteiger partial charge is 0.147 e. The van der Waals surface area contributed by atoms with Crippen LogP contribution in [0.4, 0.5) is 0 Å². The topological polar surface area (TPSA) is 0 Å². The van der Waals surface area contributed by atoms with Crippen LogP contribution in [0.1, 0.15) is 41.5 Å². The van der Waals surface area contributed by atoms with E-state index in [9.17, 15) is 0 Å². The van der Waals surface area contributed by atoms with Crippen molar-refractivity contribution >= 4 is 30.7 Å². The zero-order valence-electron chi connectivity index (χ0n) is 15.2. The number of allylic oxidation sites excluding steroid dienone is 8. The predicted octanol–water partition coefficient (Wildman–Crippen LogP) is 6.17. The standard InChI is InChI=1S/2C8H11.C2H7Si.2ClH.Zr/c2*1-6-4-7(2)8(3)5-6;1-3-2;;;/h2*4,6H,1-3H3;3H,1-2H3;2*1H;. The van der Waals surface area contributed by atoms with E-state index in [1.165, 1.54) is 0 Å².